The van der Waals surface area contributed by atoms with Gasteiger partial charge in [0.1, 0.15) is 0 Å². The molecule has 2 aromatic carbocycles. The smallest absolute Gasteiger partial charge is 0.222 e. The SMILES string of the molecule is c1ccc(C(CNc2ncccn2)c2ccccc2)cc1. The molecule has 1 N–H and O–H groups in total. The normalized spacial score (nSPS) is 10.5. The van der Waals surface area contributed by atoms with E-state index in [9.17, 15) is 0 Å². The van der Waals surface area contributed by atoms with Gasteiger partial charge in [-0.15, -0.1) is 0 Å². The molecule has 0 saturated heterocycles. The van der Waals surface area contributed by atoms with Crippen molar-refractivity contribution < 1.29 is 0 Å². The zero-order valence-corrected chi connectivity index (χ0v) is 11.7. The van der Waals surface area contributed by atoms with Gasteiger partial charge in [0.2, 0.25) is 5.95 Å². The Kier molecular flexibility index (Phi) is 4.22. The summed E-state index contributed by atoms with van der Waals surface area (Å²) in [5, 5.41) is 3.32. The van der Waals surface area contributed by atoms with Crippen LogP contribution in [0.25, 0.3) is 0 Å². The van der Waals surface area contributed by atoms with Crippen molar-refractivity contribution in [1.82, 2.24) is 9.97 Å². The van der Waals surface area contributed by atoms with Crippen molar-refractivity contribution in [3.63, 3.8) is 0 Å². The Balaban J connectivity index is 1.83. The van der Waals surface area contributed by atoms with Gasteiger partial charge in [-0.2, -0.15) is 0 Å². The van der Waals surface area contributed by atoms with Crippen molar-refractivity contribution in [3.8, 4) is 0 Å². The van der Waals surface area contributed by atoms with E-state index in [0.29, 0.717) is 5.95 Å². The van der Waals surface area contributed by atoms with Crippen LogP contribution < -0.4 is 5.32 Å². The summed E-state index contributed by atoms with van der Waals surface area (Å²) in [7, 11) is 0. The molecule has 1 aromatic heterocycles. The third-order valence-electron chi connectivity index (χ3n) is 3.43. The first kappa shape index (κ1) is 13.3. The van der Waals surface area contributed by atoms with Crippen LogP contribution in [-0.4, -0.2) is 16.5 Å². The van der Waals surface area contributed by atoms with Crippen LogP contribution in [0.15, 0.2) is 79.1 Å². The second kappa shape index (κ2) is 6.66. The molecule has 0 amide bonds. The number of rotatable bonds is 5. The van der Waals surface area contributed by atoms with E-state index in [1.807, 2.05) is 18.2 Å². The lowest BCUT2D eigenvalue weighted by Gasteiger charge is -2.18. The van der Waals surface area contributed by atoms with Gasteiger partial charge < -0.3 is 5.32 Å². The number of benzene rings is 2. The fourth-order valence-electron chi connectivity index (χ4n) is 2.38. The van der Waals surface area contributed by atoms with Crippen molar-refractivity contribution in [1.29, 1.82) is 0 Å². The summed E-state index contributed by atoms with van der Waals surface area (Å²) in [4.78, 5) is 8.43. The standard InChI is InChI=1S/C18H17N3/c1-3-8-15(9-4-1)17(16-10-5-2-6-11-16)14-21-18-19-12-7-13-20-18/h1-13,17H,14H2,(H,19,20,21). The van der Waals surface area contributed by atoms with Crippen LogP contribution in [0.1, 0.15) is 17.0 Å². The number of nitrogens with zero attached hydrogens (tertiary/aromatic N) is 2. The summed E-state index contributed by atoms with van der Waals surface area (Å²) in [6.45, 7) is 0.762. The Labute approximate surface area is 124 Å². The lowest BCUT2D eigenvalue weighted by atomic mass is 9.91. The third kappa shape index (κ3) is 3.45. The maximum absolute atomic E-state index is 4.22. The van der Waals surface area contributed by atoms with Crippen molar-refractivity contribution >= 4 is 5.95 Å². The molecular weight excluding hydrogens is 258 g/mol. The van der Waals surface area contributed by atoms with Gasteiger partial charge in [0.25, 0.3) is 0 Å². The largest absolute Gasteiger partial charge is 0.353 e. The molecule has 0 aliphatic carbocycles. The first-order valence-electron chi connectivity index (χ1n) is 7.04. The summed E-state index contributed by atoms with van der Waals surface area (Å²) in [5.41, 5.74) is 2.57. The molecule has 0 fully saturated rings. The quantitative estimate of drug-likeness (QED) is 0.771. The molecule has 0 aliphatic heterocycles. The predicted molar refractivity (Wildman–Crippen MR) is 85.2 cm³/mol. The molecule has 0 aliphatic rings. The van der Waals surface area contributed by atoms with Gasteiger partial charge in [-0.05, 0) is 17.2 Å². The van der Waals surface area contributed by atoms with Gasteiger partial charge in [-0.25, -0.2) is 9.97 Å². The van der Waals surface area contributed by atoms with E-state index >= 15 is 0 Å². The van der Waals surface area contributed by atoms with E-state index in [4.69, 9.17) is 0 Å². The summed E-state index contributed by atoms with van der Waals surface area (Å²) < 4.78 is 0. The zero-order valence-electron chi connectivity index (χ0n) is 11.7. The van der Waals surface area contributed by atoms with E-state index < -0.39 is 0 Å². The highest BCUT2D eigenvalue weighted by molar-refractivity contribution is 5.35. The minimum absolute atomic E-state index is 0.274. The second-order valence-electron chi connectivity index (χ2n) is 4.83. The summed E-state index contributed by atoms with van der Waals surface area (Å²) in [6.07, 6.45) is 3.49. The summed E-state index contributed by atoms with van der Waals surface area (Å²) >= 11 is 0. The molecule has 0 radical (unpaired) electrons. The molecule has 3 aromatic rings. The molecule has 21 heavy (non-hydrogen) atoms. The monoisotopic (exact) mass is 275 g/mol. The van der Waals surface area contributed by atoms with Crippen molar-refractivity contribution in [2.24, 2.45) is 0 Å². The van der Waals surface area contributed by atoms with Gasteiger partial charge in [0, 0.05) is 24.9 Å². The Hall–Kier alpha value is -2.68. The highest BCUT2D eigenvalue weighted by Crippen LogP contribution is 2.24. The molecule has 0 bridgehead atoms. The van der Waals surface area contributed by atoms with Gasteiger partial charge >= 0.3 is 0 Å². The van der Waals surface area contributed by atoms with Gasteiger partial charge in [-0.1, -0.05) is 60.7 Å². The number of nitrogens with one attached hydrogen (secondary N) is 1. The second-order valence-corrected chi connectivity index (χ2v) is 4.83. The molecule has 104 valence electrons. The minimum Gasteiger partial charge on any atom is -0.353 e. The van der Waals surface area contributed by atoms with Gasteiger partial charge in [0.15, 0.2) is 0 Å². The van der Waals surface area contributed by atoms with Gasteiger partial charge in [-0.3, -0.25) is 0 Å². The highest BCUT2D eigenvalue weighted by Gasteiger charge is 2.13. The highest BCUT2D eigenvalue weighted by atomic mass is 15.1. The van der Waals surface area contributed by atoms with E-state index in [1.54, 1.807) is 12.4 Å². The molecule has 0 unspecified atom stereocenters. The fraction of sp³-hybridized carbons (Fsp3) is 0.111. The third-order valence-corrected chi connectivity index (χ3v) is 3.43. The Morgan fingerprint density at radius 1 is 0.714 bits per heavy atom. The minimum atomic E-state index is 0.274. The average molecular weight is 275 g/mol. The first-order valence-corrected chi connectivity index (χ1v) is 7.04. The molecule has 0 spiro atoms. The molecule has 0 saturated carbocycles. The first-order chi connectivity index (χ1) is 10.4. The molecule has 3 heteroatoms. The zero-order chi connectivity index (χ0) is 14.3. The predicted octanol–water partition coefficient (Wildman–Crippen LogP) is 3.72. The Morgan fingerprint density at radius 2 is 1.24 bits per heavy atom. The topological polar surface area (TPSA) is 37.8 Å². The summed E-state index contributed by atoms with van der Waals surface area (Å²) in [6, 6.07) is 22.8. The van der Waals surface area contributed by atoms with Crippen molar-refractivity contribution in [2.45, 2.75) is 5.92 Å². The molecule has 3 rings (SSSR count). The summed E-state index contributed by atoms with van der Waals surface area (Å²) in [5.74, 6) is 0.936. The lowest BCUT2D eigenvalue weighted by Crippen LogP contribution is -2.15. The Morgan fingerprint density at radius 3 is 1.76 bits per heavy atom. The van der Waals surface area contributed by atoms with Crippen LogP contribution in [0.5, 0.6) is 0 Å². The van der Waals surface area contributed by atoms with Crippen LogP contribution >= 0.6 is 0 Å². The Bertz CT molecular complexity index is 614. The van der Waals surface area contributed by atoms with Crippen molar-refractivity contribution in [2.75, 3.05) is 11.9 Å². The van der Waals surface area contributed by atoms with Crippen LogP contribution in [0.2, 0.25) is 0 Å². The maximum Gasteiger partial charge on any atom is 0.222 e. The maximum atomic E-state index is 4.22. The number of hydrogen-bond acceptors (Lipinski definition) is 3. The van der Waals surface area contributed by atoms with Crippen LogP contribution in [-0.2, 0) is 0 Å². The van der Waals surface area contributed by atoms with Gasteiger partial charge in [0.05, 0.1) is 0 Å². The fourth-order valence-corrected chi connectivity index (χ4v) is 2.38. The van der Waals surface area contributed by atoms with Crippen molar-refractivity contribution in [3.05, 3.63) is 90.3 Å². The number of anilines is 1. The lowest BCUT2D eigenvalue weighted by molar-refractivity contribution is 0.842. The van der Waals surface area contributed by atoms with E-state index in [-0.39, 0.29) is 5.92 Å². The average Bonchev–Trinajstić information content (AvgIpc) is 2.58. The van der Waals surface area contributed by atoms with Crippen LogP contribution in [0.4, 0.5) is 5.95 Å². The van der Waals surface area contributed by atoms with E-state index in [0.717, 1.165) is 6.54 Å². The molecule has 0 atom stereocenters. The van der Waals surface area contributed by atoms with E-state index in [1.165, 1.54) is 11.1 Å². The molecule has 3 nitrogen and oxygen atoms in total. The molecular formula is C18H17N3. The van der Waals surface area contributed by atoms with E-state index in [2.05, 4.69) is 63.8 Å². The van der Waals surface area contributed by atoms with Crippen LogP contribution in [0, 0.1) is 0 Å². The van der Waals surface area contributed by atoms with Crippen LogP contribution in [0.3, 0.4) is 0 Å². The molecule has 1 heterocycles. The number of aromatic nitrogens is 2. The number of hydrogen-bond donors (Lipinski definition) is 1.